The van der Waals surface area contributed by atoms with Gasteiger partial charge in [-0.15, -0.1) is 0 Å². The molecule has 0 heterocycles. The zero-order chi connectivity index (χ0) is 14.7. The summed E-state index contributed by atoms with van der Waals surface area (Å²) in [5, 5.41) is 19.7. The van der Waals surface area contributed by atoms with Gasteiger partial charge < -0.3 is 4.74 Å². The molecule has 5 heteroatoms. The predicted molar refractivity (Wildman–Crippen MR) is 73.8 cm³/mol. The Balaban J connectivity index is 2.37. The van der Waals surface area contributed by atoms with E-state index in [4.69, 9.17) is 10.00 Å². The summed E-state index contributed by atoms with van der Waals surface area (Å²) >= 11 is 0. The third-order valence-electron chi connectivity index (χ3n) is 2.84. The van der Waals surface area contributed by atoms with E-state index in [0.29, 0.717) is 11.5 Å². The highest BCUT2D eigenvalue weighted by Crippen LogP contribution is 2.29. The first kappa shape index (κ1) is 13.6. The summed E-state index contributed by atoms with van der Waals surface area (Å²) in [6.45, 7) is 3.88. The smallest absolute Gasteiger partial charge is 0.290 e. The molecule has 2 aromatic rings. The van der Waals surface area contributed by atoms with Crippen molar-refractivity contribution in [1.29, 1.82) is 5.26 Å². The third-order valence-corrected chi connectivity index (χ3v) is 2.84. The quantitative estimate of drug-likeness (QED) is 0.625. The van der Waals surface area contributed by atoms with Crippen LogP contribution in [0.4, 0.5) is 5.69 Å². The van der Waals surface area contributed by atoms with E-state index < -0.39 is 4.92 Å². The first-order valence-corrected chi connectivity index (χ1v) is 5.95. The zero-order valence-corrected chi connectivity index (χ0v) is 11.1. The van der Waals surface area contributed by atoms with Crippen molar-refractivity contribution in [3.05, 3.63) is 63.2 Å². The standard InChI is InChI=1S/C15H12N2O3/c1-10-3-6-15(11(2)7-10)20-13-5-4-12(9-16)14(8-13)17(18)19/h3-8H,1-2H3. The van der Waals surface area contributed by atoms with E-state index in [1.807, 2.05) is 32.0 Å². The first-order chi connectivity index (χ1) is 9.51. The van der Waals surface area contributed by atoms with Crippen LogP contribution < -0.4 is 4.74 Å². The summed E-state index contributed by atoms with van der Waals surface area (Å²) in [5.41, 5.74) is 1.82. The number of nitro benzene ring substituents is 1. The SMILES string of the molecule is Cc1ccc(Oc2ccc(C#N)c([N+](=O)[O-])c2)c(C)c1. The van der Waals surface area contributed by atoms with E-state index in [1.165, 1.54) is 12.1 Å². The number of benzene rings is 2. The van der Waals surface area contributed by atoms with Crippen LogP contribution >= 0.6 is 0 Å². The topological polar surface area (TPSA) is 76.2 Å². The van der Waals surface area contributed by atoms with Crippen LogP contribution in [0.5, 0.6) is 11.5 Å². The van der Waals surface area contributed by atoms with Crippen molar-refractivity contribution in [1.82, 2.24) is 0 Å². The molecule has 0 fully saturated rings. The second kappa shape index (κ2) is 5.41. The Morgan fingerprint density at radius 2 is 1.95 bits per heavy atom. The van der Waals surface area contributed by atoms with Gasteiger partial charge in [0.05, 0.1) is 11.0 Å². The molecule has 0 radical (unpaired) electrons. The summed E-state index contributed by atoms with van der Waals surface area (Å²) in [7, 11) is 0. The van der Waals surface area contributed by atoms with Crippen LogP contribution in [0.15, 0.2) is 36.4 Å². The maximum Gasteiger partial charge on any atom is 0.290 e. The Morgan fingerprint density at radius 1 is 1.20 bits per heavy atom. The van der Waals surface area contributed by atoms with Gasteiger partial charge in [-0.2, -0.15) is 5.26 Å². The lowest BCUT2D eigenvalue weighted by molar-refractivity contribution is -0.385. The lowest BCUT2D eigenvalue weighted by Gasteiger charge is -2.09. The van der Waals surface area contributed by atoms with Crippen LogP contribution in [0, 0.1) is 35.3 Å². The number of hydrogen-bond donors (Lipinski definition) is 0. The van der Waals surface area contributed by atoms with E-state index in [2.05, 4.69) is 0 Å². The zero-order valence-electron chi connectivity index (χ0n) is 11.1. The molecule has 5 nitrogen and oxygen atoms in total. The van der Waals surface area contributed by atoms with Gasteiger partial charge in [0.1, 0.15) is 23.1 Å². The van der Waals surface area contributed by atoms with Crippen LogP contribution in [-0.2, 0) is 0 Å². The molecular formula is C15H12N2O3. The van der Waals surface area contributed by atoms with Gasteiger partial charge in [0.2, 0.25) is 0 Å². The molecule has 100 valence electrons. The number of nitriles is 1. The van der Waals surface area contributed by atoms with Gasteiger partial charge in [0.15, 0.2) is 0 Å². The number of nitrogens with zero attached hydrogens (tertiary/aromatic N) is 2. The highest BCUT2D eigenvalue weighted by atomic mass is 16.6. The van der Waals surface area contributed by atoms with E-state index in [9.17, 15) is 10.1 Å². The Labute approximate surface area is 116 Å². The van der Waals surface area contributed by atoms with E-state index >= 15 is 0 Å². The summed E-state index contributed by atoms with van der Waals surface area (Å²) in [6.07, 6.45) is 0. The average Bonchev–Trinajstić information content (AvgIpc) is 2.41. The molecule has 2 rings (SSSR count). The number of rotatable bonds is 3. The van der Waals surface area contributed by atoms with Crippen LogP contribution in [-0.4, -0.2) is 4.92 Å². The largest absolute Gasteiger partial charge is 0.457 e. The van der Waals surface area contributed by atoms with Gasteiger partial charge in [0.25, 0.3) is 5.69 Å². The van der Waals surface area contributed by atoms with Crippen molar-refractivity contribution < 1.29 is 9.66 Å². The Kier molecular flexibility index (Phi) is 3.67. The summed E-state index contributed by atoms with van der Waals surface area (Å²) in [5.74, 6) is 0.970. The molecule has 0 spiro atoms. The Morgan fingerprint density at radius 3 is 2.55 bits per heavy atom. The molecule has 0 N–H and O–H groups in total. The molecule has 2 aromatic carbocycles. The monoisotopic (exact) mass is 268 g/mol. The van der Waals surface area contributed by atoms with Crippen molar-refractivity contribution in [3.63, 3.8) is 0 Å². The molecule has 20 heavy (non-hydrogen) atoms. The van der Waals surface area contributed by atoms with Crippen LogP contribution in [0.2, 0.25) is 0 Å². The fourth-order valence-electron chi connectivity index (χ4n) is 1.86. The molecule has 0 aromatic heterocycles. The molecular weight excluding hydrogens is 256 g/mol. The van der Waals surface area contributed by atoms with Crippen molar-refractivity contribution in [2.75, 3.05) is 0 Å². The van der Waals surface area contributed by atoms with Gasteiger partial charge in [-0.3, -0.25) is 10.1 Å². The molecule has 0 atom stereocenters. The van der Waals surface area contributed by atoms with Crippen molar-refractivity contribution in [3.8, 4) is 17.6 Å². The summed E-state index contributed by atoms with van der Waals surface area (Å²) < 4.78 is 5.64. The second-order valence-electron chi connectivity index (χ2n) is 4.42. The second-order valence-corrected chi connectivity index (χ2v) is 4.42. The normalized spacial score (nSPS) is 9.85. The molecule has 0 bridgehead atoms. The minimum atomic E-state index is -0.590. The average molecular weight is 268 g/mol. The van der Waals surface area contributed by atoms with Gasteiger partial charge in [-0.1, -0.05) is 17.7 Å². The Bertz CT molecular complexity index is 718. The Hall–Kier alpha value is -2.87. The van der Waals surface area contributed by atoms with E-state index in [1.54, 1.807) is 12.1 Å². The number of ether oxygens (including phenoxy) is 1. The first-order valence-electron chi connectivity index (χ1n) is 5.95. The number of hydrogen-bond acceptors (Lipinski definition) is 4. The number of aryl methyl sites for hydroxylation is 2. The minimum Gasteiger partial charge on any atom is -0.457 e. The van der Waals surface area contributed by atoms with Gasteiger partial charge >= 0.3 is 0 Å². The van der Waals surface area contributed by atoms with Crippen LogP contribution in [0.25, 0.3) is 0 Å². The molecule has 0 aliphatic rings. The predicted octanol–water partition coefficient (Wildman–Crippen LogP) is 3.88. The summed E-state index contributed by atoms with van der Waals surface area (Å²) in [4.78, 5) is 10.3. The maximum atomic E-state index is 10.9. The van der Waals surface area contributed by atoms with E-state index in [0.717, 1.165) is 11.1 Å². The molecule has 0 amide bonds. The van der Waals surface area contributed by atoms with Crippen LogP contribution in [0.3, 0.4) is 0 Å². The van der Waals surface area contributed by atoms with Gasteiger partial charge in [0, 0.05) is 0 Å². The molecule has 0 saturated heterocycles. The molecule has 0 aliphatic heterocycles. The molecule has 0 unspecified atom stereocenters. The lowest BCUT2D eigenvalue weighted by atomic mass is 10.1. The third kappa shape index (κ3) is 2.75. The number of nitro groups is 1. The fourth-order valence-corrected chi connectivity index (χ4v) is 1.86. The van der Waals surface area contributed by atoms with Gasteiger partial charge in [-0.25, -0.2) is 0 Å². The van der Waals surface area contributed by atoms with Crippen LogP contribution in [0.1, 0.15) is 16.7 Å². The van der Waals surface area contributed by atoms with Crippen molar-refractivity contribution in [2.24, 2.45) is 0 Å². The highest BCUT2D eigenvalue weighted by Gasteiger charge is 2.15. The highest BCUT2D eigenvalue weighted by molar-refractivity contribution is 5.53. The van der Waals surface area contributed by atoms with Crippen molar-refractivity contribution >= 4 is 5.69 Å². The van der Waals surface area contributed by atoms with E-state index in [-0.39, 0.29) is 11.3 Å². The maximum absolute atomic E-state index is 10.9. The van der Waals surface area contributed by atoms with Crippen molar-refractivity contribution in [2.45, 2.75) is 13.8 Å². The molecule has 0 aliphatic carbocycles. The van der Waals surface area contributed by atoms with Gasteiger partial charge in [-0.05, 0) is 37.6 Å². The summed E-state index contributed by atoms with van der Waals surface area (Å²) in [6, 6.07) is 11.7. The lowest BCUT2D eigenvalue weighted by Crippen LogP contribution is -1.94. The fraction of sp³-hybridized carbons (Fsp3) is 0.133. The molecule has 0 saturated carbocycles. The minimum absolute atomic E-state index is 0.0166.